The average Bonchev–Trinajstić information content (AvgIpc) is 2.85. The summed E-state index contributed by atoms with van der Waals surface area (Å²) in [5.74, 6) is 0.105. The Morgan fingerprint density at radius 3 is 2.00 bits per heavy atom. The Morgan fingerprint density at radius 2 is 1.50 bits per heavy atom. The van der Waals surface area contributed by atoms with Crippen LogP contribution in [-0.2, 0) is 6.42 Å². The number of nitrogens with zero attached hydrogens (tertiary/aromatic N) is 1. The van der Waals surface area contributed by atoms with Gasteiger partial charge in [0.1, 0.15) is 10.8 Å². The first-order valence-electron chi connectivity index (χ1n) is 11.4. The summed E-state index contributed by atoms with van der Waals surface area (Å²) in [6.45, 7) is 9.99. The monoisotopic (exact) mass is 558 g/mol. The summed E-state index contributed by atoms with van der Waals surface area (Å²) in [5, 5.41) is 11.1. The second-order valence-corrected chi connectivity index (χ2v) is 9.36. The van der Waals surface area contributed by atoms with Gasteiger partial charge in [-0.2, -0.15) is 9.37 Å². The lowest BCUT2D eigenvalue weighted by molar-refractivity contribution is 0.399. The number of hydrogen-bond acceptors (Lipinski definition) is 5. The second kappa shape index (κ2) is 17.4. The van der Waals surface area contributed by atoms with Gasteiger partial charge in [-0.05, 0) is 80.6 Å². The van der Waals surface area contributed by atoms with Gasteiger partial charge in [-0.3, -0.25) is 0 Å². The van der Waals surface area contributed by atoms with Crippen molar-refractivity contribution in [1.29, 1.82) is 0 Å². The highest BCUT2D eigenvalue weighted by atomic mass is 35.5. The maximum absolute atomic E-state index is 13.6. The minimum absolute atomic E-state index is 0.0242. The molecule has 0 fully saturated rings. The van der Waals surface area contributed by atoms with Crippen LogP contribution < -0.4 is 16.8 Å². The van der Waals surface area contributed by atoms with E-state index >= 15 is 0 Å². The van der Waals surface area contributed by atoms with Crippen LogP contribution in [0.15, 0.2) is 42.5 Å². The number of aryl methyl sites for hydroxylation is 1. The molecule has 0 saturated heterocycles. The van der Waals surface area contributed by atoms with Gasteiger partial charge in [-0.15, -0.1) is 0 Å². The second-order valence-electron chi connectivity index (χ2n) is 8.17. The molecule has 0 aliphatic heterocycles. The number of aromatic nitrogens is 1. The van der Waals surface area contributed by atoms with E-state index in [9.17, 15) is 4.39 Å². The molecule has 1 heterocycles. The molecule has 200 valence electrons. The standard InChI is InChI=1S/C15H14Cl3FN2.C10H15N.CH5N.CH4O/c1-8(7-10-3-5-11(16)6-4-10)20-15-13(18)9(2)12(17)14(19)21-15;1-7(2)9-5-4-8(3)6-10(9)11;2*1-2/h3-6,8H,7H2,1-2H3,(H,20,21);4-7H,11H2,1-3H3;2H2,1H3;2H,1H3. The number of rotatable bonds is 5. The SMILES string of the molecule is CN.CO.Cc1c(Cl)c(F)nc(NC(C)Cc2ccc(Cl)cc2)c1Cl.Cc1ccc(C(C)C)c(N)c1. The molecule has 0 amide bonds. The van der Waals surface area contributed by atoms with Crippen molar-refractivity contribution in [3.05, 3.63) is 85.7 Å². The molecule has 0 aliphatic rings. The summed E-state index contributed by atoms with van der Waals surface area (Å²) in [4.78, 5) is 3.77. The summed E-state index contributed by atoms with van der Waals surface area (Å²) in [5.41, 5.74) is 15.3. The summed E-state index contributed by atoms with van der Waals surface area (Å²) in [7, 11) is 2.50. The van der Waals surface area contributed by atoms with Crippen LogP contribution in [0.1, 0.15) is 48.9 Å². The zero-order valence-electron chi connectivity index (χ0n) is 22.0. The van der Waals surface area contributed by atoms with Crippen molar-refractivity contribution in [3.8, 4) is 0 Å². The lowest BCUT2D eigenvalue weighted by Gasteiger charge is -2.17. The van der Waals surface area contributed by atoms with Crippen molar-refractivity contribution in [1.82, 2.24) is 4.98 Å². The smallest absolute Gasteiger partial charge is 0.233 e. The molecule has 3 rings (SSSR count). The van der Waals surface area contributed by atoms with Gasteiger partial charge in [-0.1, -0.05) is 72.9 Å². The van der Waals surface area contributed by atoms with E-state index in [1.165, 1.54) is 18.2 Å². The third-order valence-electron chi connectivity index (χ3n) is 4.96. The van der Waals surface area contributed by atoms with E-state index in [0.717, 1.165) is 24.8 Å². The van der Waals surface area contributed by atoms with Gasteiger partial charge in [0.15, 0.2) is 0 Å². The van der Waals surface area contributed by atoms with Crippen LogP contribution in [0.5, 0.6) is 0 Å². The van der Waals surface area contributed by atoms with Crippen LogP contribution in [0, 0.1) is 19.8 Å². The van der Waals surface area contributed by atoms with Crippen molar-refractivity contribution in [3.63, 3.8) is 0 Å². The quantitative estimate of drug-likeness (QED) is 0.193. The Hall–Kier alpha value is -2.09. The fraction of sp³-hybridized carbons (Fsp3) is 0.370. The molecule has 1 aromatic heterocycles. The highest BCUT2D eigenvalue weighted by Gasteiger charge is 2.16. The van der Waals surface area contributed by atoms with Gasteiger partial charge < -0.3 is 21.9 Å². The van der Waals surface area contributed by atoms with Crippen molar-refractivity contribution in [2.24, 2.45) is 5.73 Å². The van der Waals surface area contributed by atoms with Gasteiger partial charge >= 0.3 is 0 Å². The van der Waals surface area contributed by atoms with Gasteiger partial charge in [0.05, 0.1) is 5.02 Å². The van der Waals surface area contributed by atoms with E-state index in [1.54, 1.807) is 6.92 Å². The zero-order chi connectivity index (χ0) is 28.0. The van der Waals surface area contributed by atoms with E-state index in [-0.39, 0.29) is 11.1 Å². The molecule has 0 radical (unpaired) electrons. The predicted molar refractivity (Wildman–Crippen MR) is 155 cm³/mol. The van der Waals surface area contributed by atoms with Crippen molar-refractivity contribution < 1.29 is 9.50 Å². The number of nitrogens with two attached hydrogens (primary N) is 2. The molecule has 36 heavy (non-hydrogen) atoms. The Labute approximate surface area is 230 Å². The Kier molecular flexibility index (Phi) is 16.4. The van der Waals surface area contributed by atoms with Crippen LogP contribution in [0.25, 0.3) is 0 Å². The molecular weight excluding hydrogens is 522 g/mol. The number of hydrogen-bond donors (Lipinski definition) is 4. The first kappa shape index (κ1) is 33.9. The summed E-state index contributed by atoms with van der Waals surface area (Å²) < 4.78 is 13.6. The topological polar surface area (TPSA) is 97.2 Å². The lowest BCUT2D eigenvalue weighted by Crippen LogP contribution is -2.19. The highest BCUT2D eigenvalue weighted by molar-refractivity contribution is 6.37. The third-order valence-corrected chi connectivity index (χ3v) is 6.11. The molecule has 1 unspecified atom stereocenters. The average molecular weight is 560 g/mol. The van der Waals surface area contributed by atoms with Gasteiger partial charge in [-0.25, -0.2) is 0 Å². The van der Waals surface area contributed by atoms with Crippen LogP contribution in [0.3, 0.4) is 0 Å². The molecule has 0 saturated carbocycles. The molecule has 0 spiro atoms. The van der Waals surface area contributed by atoms with Crippen LogP contribution in [-0.4, -0.2) is 30.3 Å². The number of aliphatic hydroxyl groups excluding tert-OH is 1. The minimum atomic E-state index is -0.722. The normalized spacial score (nSPS) is 10.7. The van der Waals surface area contributed by atoms with Crippen LogP contribution in [0.2, 0.25) is 15.1 Å². The number of nitrogens with one attached hydrogen (secondary N) is 1. The number of pyridine rings is 1. The predicted octanol–water partition coefficient (Wildman–Crippen LogP) is 7.42. The molecule has 9 heteroatoms. The van der Waals surface area contributed by atoms with E-state index in [0.29, 0.717) is 27.3 Å². The molecule has 0 aliphatic carbocycles. The highest BCUT2D eigenvalue weighted by Crippen LogP contribution is 2.31. The van der Waals surface area contributed by atoms with Crippen molar-refractivity contribution >= 4 is 46.3 Å². The Balaban J connectivity index is 0.000000688. The summed E-state index contributed by atoms with van der Waals surface area (Å²) in [6.07, 6.45) is 0.735. The van der Waals surface area contributed by atoms with E-state index in [1.807, 2.05) is 37.3 Å². The first-order chi connectivity index (χ1) is 17.0. The number of benzene rings is 2. The maximum Gasteiger partial charge on any atom is 0.233 e. The maximum atomic E-state index is 13.6. The van der Waals surface area contributed by atoms with Gasteiger partial charge in [0.2, 0.25) is 5.95 Å². The molecule has 3 aromatic rings. The molecular formula is C27H38Cl3FN4O. The fourth-order valence-electron chi connectivity index (χ4n) is 3.20. The summed E-state index contributed by atoms with van der Waals surface area (Å²) >= 11 is 17.8. The van der Waals surface area contributed by atoms with E-state index < -0.39 is 5.95 Å². The fourth-order valence-corrected chi connectivity index (χ4v) is 3.70. The van der Waals surface area contributed by atoms with Gasteiger partial charge in [0, 0.05) is 23.9 Å². The molecule has 6 N–H and O–H groups in total. The molecule has 1 atom stereocenters. The number of halogens is 4. The number of aliphatic hydroxyl groups is 1. The van der Waals surface area contributed by atoms with E-state index in [4.69, 9.17) is 45.6 Å². The largest absolute Gasteiger partial charge is 0.400 e. The molecule has 5 nitrogen and oxygen atoms in total. The van der Waals surface area contributed by atoms with Crippen LogP contribution in [0.4, 0.5) is 15.9 Å². The zero-order valence-corrected chi connectivity index (χ0v) is 24.2. The van der Waals surface area contributed by atoms with Crippen molar-refractivity contribution in [2.75, 3.05) is 25.2 Å². The lowest BCUT2D eigenvalue weighted by atomic mass is 10.00. The third kappa shape index (κ3) is 10.9. The Bertz CT molecular complexity index is 1060. The number of nitrogen functional groups attached to an aromatic ring is 1. The minimum Gasteiger partial charge on any atom is -0.400 e. The van der Waals surface area contributed by atoms with Gasteiger partial charge in [0.25, 0.3) is 0 Å². The van der Waals surface area contributed by atoms with Crippen LogP contribution >= 0.6 is 34.8 Å². The Morgan fingerprint density at radius 1 is 0.944 bits per heavy atom. The summed E-state index contributed by atoms with van der Waals surface area (Å²) in [6, 6.07) is 13.8. The first-order valence-corrected chi connectivity index (χ1v) is 12.5. The molecule has 0 bridgehead atoms. The van der Waals surface area contributed by atoms with E-state index in [2.05, 4.69) is 48.9 Å². The molecule has 2 aromatic carbocycles. The van der Waals surface area contributed by atoms with Crippen molar-refractivity contribution in [2.45, 2.75) is 53.0 Å². The number of anilines is 2.